The molecule has 2 rings (SSSR count). The lowest BCUT2D eigenvalue weighted by atomic mass is 10.2. The minimum atomic E-state index is -0.911. The molecular weight excluding hydrogens is 247 g/mol. The fourth-order valence-corrected chi connectivity index (χ4v) is 6.80. The normalized spacial score (nSPS) is 23.6. The molecule has 1 aliphatic heterocycles. The average molecular weight is 263 g/mol. The fraction of sp³-hybridized carbons (Fsp3) is 0.500. The summed E-state index contributed by atoms with van der Waals surface area (Å²) >= 11 is 6.41. The SMILES string of the molecule is ClC(CS1(Cl)CCCC1)c1ccccc1. The van der Waals surface area contributed by atoms with Crippen LogP contribution in [-0.2, 0) is 0 Å². The molecule has 1 atom stereocenters. The van der Waals surface area contributed by atoms with Gasteiger partial charge >= 0.3 is 0 Å². The molecule has 0 amide bonds. The number of hydrogen-bond donors (Lipinski definition) is 0. The van der Waals surface area contributed by atoms with E-state index in [1.54, 1.807) is 0 Å². The number of alkyl halides is 1. The summed E-state index contributed by atoms with van der Waals surface area (Å²) in [5, 5.41) is 0.0943. The van der Waals surface area contributed by atoms with Gasteiger partial charge in [-0.15, -0.1) is 11.6 Å². The molecule has 1 heterocycles. The molecule has 3 heteroatoms. The predicted molar refractivity (Wildman–Crippen MR) is 72.3 cm³/mol. The highest BCUT2D eigenvalue weighted by molar-refractivity contribution is 8.51. The number of benzene rings is 1. The maximum atomic E-state index is 6.61. The monoisotopic (exact) mass is 262 g/mol. The van der Waals surface area contributed by atoms with Crippen LogP contribution in [0.1, 0.15) is 23.8 Å². The van der Waals surface area contributed by atoms with Crippen LogP contribution in [0.2, 0.25) is 0 Å². The van der Waals surface area contributed by atoms with Crippen LogP contribution in [-0.4, -0.2) is 17.3 Å². The molecule has 15 heavy (non-hydrogen) atoms. The van der Waals surface area contributed by atoms with E-state index in [9.17, 15) is 0 Å². The first-order chi connectivity index (χ1) is 7.20. The Bertz CT molecular complexity index is 307. The van der Waals surface area contributed by atoms with Crippen molar-refractivity contribution in [2.24, 2.45) is 0 Å². The van der Waals surface area contributed by atoms with E-state index in [2.05, 4.69) is 12.1 Å². The van der Waals surface area contributed by atoms with E-state index >= 15 is 0 Å². The largest absolute Gasteiger partial charge is 0.161 e. The van der Waals surface area contributed by atoms with Gasteiger partial charge in [-0.1, -0.05) is 41.0 Å². The van der Waals surface area contributed by atoms with Crippen molar-refractivity contribution in [1.82, 2.24) is 0 Å². The maximum Gasteiger partial charge on any atom is 0.0671 e. The van der Waals surface area contributed by atoms with Crippen LogP contribution in [0.5, 0.6) is 0 Å². The van der Waals surface area contributed by atoms with Gasteiger partial charge in [0.2, 0.25) is 0 Å². The number of halogens is 2. The molecule has 1 aromatic carbocycles. The Kier molecular flexibility index (Phi) is 3.87. The van der Waals surface area contributed by atoms with Gasteiger partial charge in [0.25, 0.3) is 0 Å². The Hall–Kier alpha value is 0.150. The van der Waals surface area contributed by atoms with Crippen LogP contribution in [0, 0.1) is 0 Å². The second kappa shape index (κ2) is 4.99. The molecule has 0 saturated carbocycles. The molecule has 0 N–H and O–H groups in total. The van der Waals surface area contributed by atoms with Gasteiger partial charge in [-0.2, -0.15) is 9.24 Å². The molecule has 0 nitrogen and oxygen atoms in total. The Balaban J connectivity index is 2.00. The number of hydrogen-bond acceptors (Lipinski definition) is 0. The van der Waals surface area contributed by atoms with E-state index < -0.39 is 9.24 Å². The molecule has 1 saturated heterocycles. The van der Waals surface area contributed by atoms with Crippen LogP contribution in [0.4, 0.5) is 0 Å². The lowest BCUT2D eigenvalue weighted by Gasteiger charge is -2.29. The van der Waals surface area contributed by atoms with Gasteiger partial charge in [-0.05, 0) is 29.9 Å². The highest BCUT2D eigenvalue weighted by Crippen LogP contribution is 2.60. The number of rotatable bonds is 3. The molecule has 1 fully saturated rings. The standard InChI is InChI=1S/C12H16Cl2S/c13-12(11-6-2-1-3-7-11)10-15(14)8-4-5-9-15/h1-3,6-7,12H,4-5,8-10H2. The van der Waals surface area contributed by atoms with E-state index in [4.69, 9.17) is 22.3 Å². The van der Waals surface area contributed by atoms with E-state index in [0.717, 1.165) is 5.75 Å². The molecule has 0 spiro atoms. The van der Waals surface area contributed by atoms with Crippen molar-refractivity contribution in [1.29, 1.82) is 0 Å². The Morgan fingerprint density at radius 2 is 1.73 bits per heavy atom. The van der Waals surface area contributed by atoms with Crippen molar-refractivity contribution in [2.45, 2.75) is 18.2 Å². The Labute approximate surface area is 103 Å². The molecular formula is C12H16Cl2S. The van der Waals surface area contributed by atoms with Crippen molar-refractivity contribution in [3.63, 3.8) is 0 Å². The zero-order chi connectivity index (χ0) is 10.7. The first-order valence-electron chi connectivity index (χ1n) is 5.35. The second-order valence-corrected chi connectivity index (χ2v) is 9.62. The minimum absolute atomic E-state index is 0.0943. The van der Waals surface area contributed by atoms with Gasteiger partial charge in [-0.25, -0.2) is 0 Å². The smallest absolute Gasteiger partial charge is 0.0671 e. The third kappa shape index (κ3) is 3.05. The third-order valence-electron chi connectivity index (χ3n) is 2.88. The first kappa shape index (κ1) is 11.6. The van der Waals surface area contributed by atoms with Crippen LogP contribution in [0.25, 0.3) is 0 Å². The summed E-state index contributed by atoms with van der Waals surface area (Å²) in [6.07, 6.45) is 2.58. The summed E-state index contributed by atoms with van der Waals surface area (Å²) < 4.78 is 0. The van der Waals surface area contributed by atoms with Crippen molar-refractivity contribution in [3.8, 4) is 0 Å². The summed E-state index contributed by atoms with van der Waals surface area (Å²) in [7, 11) is 5.70. The quantitative estimate of drug-likeness (QED) is 0.692. The molecule has 0 aliphatic carbocycles. The van der Waals surface area contributed by atoms with E-state index in [1.807, 2.05) is 18.2 Å². The van der Waals surface area contributed by atoms with Crippen LogP contribution in [0.3, 0.4) is 0 Å². The first-order valence-corrected chi connectivity index (χ1v) is 8.75. The topological polar surface area (TPSA) is 0 Å². The van der Waals surface area contributed by atoms with Crippen molar-refractivity contribution < 1.29 is 0 Å². The van der Waals surface area contributed by atoms with Gasteiger partial charge in [-0.3, -0.25) is 0 Å². The third-order valence-corrected chi connectivity index (χ3v) is 7.74. The lowest BCUT2D eigenvalue weighted by molar-refractivity contribution is 0.949. The minimum Gasteiger partial charge on any atom is -0.161 e. The van der Waals surface area contributed by atoms with Crippen molar-refractivity contribution in [2.75, 3.05) is 17.3 Å². The second-order valence-electron chi connectivity index (χ2n) is 4.10. The van der Waals surface area contributed by atoms with Crippen LogP contribution in [0.15, 0.2) is 30.3 Å². The summed E-state index contributed by atoms with van der Waals surface area (Å²) in [5.41, 5.74) is 1.21. The molecule has 0 radical (unpaired) electrons. The Morgan fingerprint density at radius 3 is 2.33 bits per heavy atom. The van der Waals surface area contributed by atoms with E-state index in [1.165, 1.54) is 29.9 Å². The van der Waals surface area contributed by atoms with Crippen LogP contribution < -0.4 is 0 Å². The predicted octanol–water partition coefficient (Wildman–Crippen LogP) is 4.72. The average Bonchev–Trinajstić information content (AvgIpc) is 2.66. The van der Waals surface area contributed by atoms with Gasteiger partial charge < -0.3 is 0 Å². The molecule has 1 aromatic rings. The Morgan fingerprint density at radius 1 is 1.13 bits per heavy atom. The maximum absolute atomic E-state index is 6.61. The summed E-state index contributed by atoms with van der Waals surface area (Å²) in [5.74, 6) is 3.37. The zero-order valence-electron chi connectivity index (χ0n) is 8.66. The molecule has 84 valence electrons. The molecule has 0 aromatic heterocycles. The van der Waals surface area contributed by atoms with E-state index in [-0.39, 0.29) is 5.38 Å². The van der Waals surface area contributed by atoms with Gasteiger partial charge in [0, 0.05) is 5.75 Å². The highest BCUT2D eigenvalue weighted by Gasteiger charge is 2.28. The molecule has 0 bridgehead atoms. The summed E-state index contributed by atoms with van der Waals surface area (Å²) in [4.78, 5) is 0. The summed E-state index contributed by atoms with van der Waals surface area (Å²) in [6.45, 7) is 0. The highest BCUT2D eigenvalue weighted by atomic mass is 35.7. The van der Waals surface area contributed by atoms with Crippen molar-refractivity contribution in [3.05, 3.63) is 35.9 Å². The molecule has 1 aliphatic rings. The van der Waals surface area contributed by atoms with E-state index in [0.29, 0.717) is 0 Å². The van der Waals surface area contributed by atoms with Gasteiger partial charge in [0.1, 0.15) is 0 Å². The lowest BCUT2D eigenvalue weighted by Crippen LogP contribution is -2.05. The zero-order valence-corrected chi connectivity index (χ0v) is 11.0. The van der Waals surface area contributed by atoms with Gasteiger partial charge in [0.05, 0.1) is 5.38 Å². The van der Waals surface area contributed by atoms with Gasteiger partial charge in [0.15, 0.2) is 0 Å². The fourth-order valence-electron chi connectivity index (χ4n) is 2.01. The van der Waals surface area contributed by atoms with Crippen molar-refractivity contribution >= 4 is 31.5 Å². The summed E-state index contributed by atoms with van der Waals surface area (Å²) in [6, 6.07) is 10.3. The van der Waals surface area contributed by atoms with Crippen LogP contribution >= 0.6 is 31.5 Å². The molecule has 1 unspecified atom stereocenters.